The molecule has 0 saturated heterocycles. The van der Waals surface area contributed by atoms with Gasteiger partial charge in [0.05, 0.1) is 11.5 Å². The Hall–Kier alpha value is -1.44. The predicted molar refractivity (Wildman–Crippen MR) is 85.5 cm³/mol. The Morgan fingerprint density at radius 2 is 2.05 bits per heavy atom. The second-order valence-electron chi connectivity index (χ2n) is 5.15. The molecule has 6 nitrogen and oxygen atoms in total. The van der Waals surface area contributed by atoms with Gasteiger partial charge in [-0.1, -0.05) is 13.0 Å². The quantitative estimate of drug-likeness (QED) is 0.707. The van der Waals surface area contributed by atoms with Crippen molar-refractivity contribution in [2.45, 2.75) is 38.1 Å². The van der Waals surface area contributed by atoms with Crippen molar-refractivity contribution in [2.75, 3.05) is 20.3 Å². The number of rotatable bonds is 8. The van der Waals surface area contributed by atoms with Gasteiger partial charge in [-0.25, -0.2) is 13.1 Å². The molecular formula is C15H24N2O4S. The van der Waals surface area contributed by atoms with Crippen molar-refractivity contribution in [2.24, 2.45) is 0 Å². The van der Waals surface area contributed by atoms with Crippen LogP contribution in [0.15, 0.2) is 23.1 Å². The van der Waals surface area contributed by atoms with Gasteiger partial charge >= 0.3 is 0 Å². The number of carbonyl (C=O) groups is 1. The van der Waals surface area contributed by atoms with E-state index in [2.05, 4.69) is 10.0 Å². The molecule has 1 aromatic carbocycles. The fourth-order valence-corrected chi connectivity index (χ4v) is 2.82. The summed E-state index contributed by atoms with van der Waals surface area (Å²) in [4.78, 5) is 12.3. The summed E-state index contributed by atoms with van der Waals surface area (Å²) in [6, 6.07) is 4.57. The summed E-state index contributed by atoms with van der Waals surface area (Å²) in [6.45, 7) is 6.12. The van der Waals surface area contributed by atoms with Crippen LogP contribution in [0.25, 0.3) is 0 Å². The molecule has 1 aromatic rings. The van der Waals surface area contributed by atoms with Crippen molar-refractivity contribution < 1.29 is 17.9 Å². The molecular weight excluding hydrogens is 304 g/mol. The van der Waals surface area contributed by atoms with Crippen LogP contribution in [-0.4, -0.2) is 40.6 Å². The third kappa shape index (κ3) is 5.08. The zero-order chi connectivity index (χ0) is 16.8. The molecule has 0 aliphatic carbocycles. The molecule has 22 heavy (non-hydrogen) atoms. The number of carbonyl (C=O) groups excluding carboxylic acids is 1. The Bertz CT molecular complexity index is 614. The molecule has 0 saturated carbocycles. The highest BCUT2D eigenvalue weighted by atomic mass is 32.2. The number of aryl methyl sites for hydroxylation is 1. The van der Waals surface area contributed by atoms with Crippen molar-refractivity contribution in [3.63, 3.8) is 0 Å². The van der Waals surface area contributed by atoms with Crippen molar-refractivity contribution >= 4 is 15.9 Å². The molecule has 0 unspecified atom stereocenters. The van der Waals surface area contributed by atoms with Gasteiger partial charge in [0.2, 0.25) is 10.0 Å². The Morgan fingerprint density at radius 3 is 2.64 bits per heavy atom. The zero-order valence-corrected chi connectivity index (χ0v) is 14.3. The van der Waals surface area contributed by atoms with E-state index in [1.807, 2.05) is 13.8 Å². The molecule has 0 fully saturated rings. The second kappa shape index (κ2) is 8.26. The van der Waals surface area contributed by atoms with Crippen molar-refractivity contribution in [3.8, 4) is 0 Å². The fourth-order valence-electron chi connectivity index (χ4n) is 1.78. The summed E-state index contributed by atoms with van der Waals surface area (Å²) in [5, 5.41) is 2.84. The monoisotopic (exact) mass is 328 g/mol. The van der Waals surface area contributed by atoms with Gasteiger partial charge < -0.3 is 10.1 Å². The van der Waals surface area contributed by atoms with Gasteiger partial charge in [0.25, 0.3) is 5.91 Å². The summed E-state index contributed by atoms with van der Waals surface area (Å²) in [5.74, 6) is -0.263. The molecule has 0 aromatic heterocycles. The maximum absolute atomic E-state index is 12.2. The minimum Gasteiger partial charge on any atom is -0.383 e. The van der Waals surface area contributed by atoms with Crippen LogP contribution >= 0.6 is 0 Å². The molecule has 0 aliphatic rings. The molecule has 0 bridgehead atoms. The van der Waals surface area contributed by atoms with Gasteiger partial charge in [-0.3, -0.25) is 4.79 Å². The minimum absolute atomic E-state index is 0.0343. The van der Waals surface area contributed by atoms with Crippen LogP contribution in [0.5, 0.6) is 0 Å². The Kier molecular flexibility index (Phi) is 6.99. The molecule has 1 rings (SSSR count). The third-order valence-corrected chi connectivity index (χ3v) is 4.81. The van der Waals surface area contributed by atoms with Crippen LogP contribution < -0.4 is 10.0 Å². The highest BCUT2D eigenvalue weighted by molar-refractivity contribution is 7.89. The van der Waals surface area contributed by atoms with Gasteiger partial charge in [0.15, 0.2) is 0 Å². The normalized spacial score (nSPS) is 12.9. The van der Waals surface area contributed by atoms with Crippen LogP contribution in [0, 0.1) is 6.92 Å². The largest absolute Gasteiger partial charge is 0.383 e. The van der Waals surface area contributed by atoms with Crippen LogP contribution in [0.1, 0.15) is 36.2 Å². The lowest BCUT2D eigenvalue weighted by atomic mass is 10.1. The lowest BCUT2D eigenvalue weighted by Crippen LogP contribution is -2.33. The number of hydrogen-bond donors (Lipinski definition) is 2. The van der Waals surface area contributed by atoms with Gasteiger partial charge in [0.1, 0.15) is 0 Å². The van der Waals surface area contributed by atoms with Crippen LogP contribution in [-0.2, 0) is 14.8 Å². The number of nitrogens with one attached hydrogen (secondary N) is 2. The standard InChI is InChI=1S/C15H24N2O4S/c1-5-12(3)17-15(18)14-10-13(7-6-11(14)2)22(19,20)16-8-9-21-4/h6-7,10,12,16H,5,8-9H2,1-4H3,(H,17,18)/t12-/m0/s1. The van der Waals surface area contributed by atoms with E-state index in [-0.39, 0.29) is 30.0 Å². The van der Waals surface area contributed by atoms with Gasteiger partial charge in [-0.2, -0.15) is 0 Å². The molecule has 2 N–H and O–H groups in total. The van der Waals surface area contributed by atoms with E-state index in [1.54, 1.807) is 13.0 Å². The van der Waals surface area contributed by atoms with Crippen molar-refractivity contribution in [1.29, 1.82) is 0 Å². The number of benzene rings is 1. The predicted octanol–water partition coefficient (Wildman–Crippen LogP) is 1.45. The number of amides is 1. The summed E-state index contributed by atoms with van der Waals surface area (Å²) in [5.41, 5.74) is 1.10. The van der Waals surface area contributed by atoms with E-state index < -0.39 is 10.0 Å². The number of ether oxygens (including phenoxy) is 1. The highest BCUT2D eigenvalue weighted by Gasteiger charge is 2.18. The Morgan fingerprint density at radius 1 is 1.36 bits per heavy atom. The Labute approximate surface area is 132 Å². The molecule has 0 spiro atoms. The minimum atomic E-state index is -3.65. The molecule has 0 aliphatic heterocycles. The van der Waals surface area contributed by atoms with Gasteiger partial charge in [-0.05, 0) is 38.0 Å². The second-order valence-corrected chi connectivity index (χ2v) is 6.92. The lowest BCUT2D eigenvalue weighted by Gasteiger charge is -2.14. The fraction of sp³-hybridized carbons (Fsp3) is 0.533. The first-order valence-electron chi connectivity index (χ1n) is 7.22. The highest BCUT2D eigenvalue weighted by Crippen LogP contribution is 2.16. The third-order valence-electron chi connectivity index (χ3n) is 3.35. The summed E-state index contributed by atoms with van der Waals surface area (Å²) < 4.78 is 31.6. The average Bonchev–Trinajstić information content (AvgIpc) is 2.47. The van der Waals surface area contributed by atoms with Crippen LogP contribution in [0.4, 0.5) is 0 Å². The molecule has 7 heteroatoms. The summed E-state index contributed by atoms with van der Waals surface area (Å²) >= 11 is 0. The van der Waals surface area contributed by atoms with E-state index in [0.717, 1.165) is 12.0 Å². The van der Waals surface area contributed by atoms with Crippen molar-refractivity contribution in [1.82, 2.24) is 10.0 Å². The van der Waals surface area contributed by atoms with E-state index in [9.17, 15) is 13.2 Å². The number of hydrogen-bond acceptors (Lipinski definition) is 4. The van der Waals surface area contributed by atoms with Crippen LogP contribution in [0.2, 0.25) is 0 Å². The van der Waals surface area contributed by atoms with Gasteiger partial charge in [0, 0.05) is 25.3 Å². The van der Waals surface area contributed by atoms with E-state index >= 15 is 0 Å². The van der Waals surface area contributed by atoms with E-state index in [0.29, 0.717) is 5.56 Å². The Balaban J connectivity index is 3.01. The van der Waals surface area contributed by atoms with E-state index in [4.69, 9.17) is 4.74 Å². The first-order valence-corrected chi connectivity index (χ1v) is 8.70. The van der Waals surface area contributed by atoms with E-state index in [1.165, 1.54) is 19.2 Å². The molecule has 0 radical (unpaired) electrons. The molecule has 1 atom stereocenters. The maximum Gasteiger partial charge on any atom is 0.251 e. The first kappa shape index (κ1) is 18.6. The average molecular weight is 328 g/mol. The SMILES string of the molecule is CC[C@H](C)NC(=O)c1cc(S(=O)(=O)NCCOC)ccc1C. The van der Waals surface area contributed by atoms with Crippen LogP contribution in [0.3, 0.4) is 0 Å². The summed E-state index contributed by atoms with van der Waals surface area (Å²) in [6.07, 6.45) is 0.807. The van der Waals surface area contributed by atoms with Crippen molar-refractivity contribution in [3.05, 3.63) is 29.3 Å². The lowest BCUT2D eigenvalue weighted by molar-refractivity contribution is 0.0938. The summed E-state index contributed by atoms with van der Waals surface area (Å²) in [7, 11) is -2.15. The molecule has 1 amide bonds. The number of sulfonamides is 1. The zero-order valence-electron chi connectivity index (χ0n) is 13.5. The smallest absolute Gasteiger partial charge is 0.251 e. The number of methoxy groups -OCH3 is 1. The first-order chi connectivity index (χ1) is 10.3. The maximum atomic E-state index is 12.2. The topological polar surface area (TPSA) is 84.5 Å². The van der Waals surface area contributed by atoms with Gasteiger partial charge in [-0.15, -0.1) is 0 Å². The molecule has 124 valence electrons. The molecule has 0 heterocycles.